The van der Waals surface area contributed by atoms with Gasteiger partial charge in [-0.3, -0.25) is 4.68 Å². The summed E-state index contributed by atoms with van der Waals surface area (Å²) in [5.74, 6) is 0.878. The number of aryl methyl sites for hydroxylation is 1. The largest absolute Gasteiger partial charge is 0.486 e. The molecule has 17 heavy (non-hydrogen) atoms. The number of ether oxygens (including phenoxy) is 1. The molecule has 0 spiro atoms. The van der Waals surface area contributed by atoms with E-state index in [2.05, 4.69) is 31.2 Å². The van der Waals surface area contributed by atoms with E-state index in [0.717, 1.165) is 44.6 Å². The molecule has 1 unspecified atom stereocenters. The number of nitrogens with zero attached hydrogens (tertiary/aromatic N) is 2. The lowest BCUT2D eigenvalue weighted by atomic mass is 10.2. The van der Waals surface area contributed by atoms with Crippen LogP contribution in [0.4, 0.5) is 0 Å². The maximum atomic E-state index is 5.94. The number of nitrogens with one attached hydrogen (secondary N) is 1. The third-order valence-electron chi connectivity index (χ3n) is 2.65. The van der Waals surface area contributed by atoms with Crippen LogP contribution in [0.1, 0.15) is 40.0 Å². The van der Waals surface area contributed by atoms with E-state index in [0.29, 0.717) is 0 Å². The molecule has 0 aliphatic rings. The van der Waals surface area contributed by atoms with Gasteiger partial charge in [-0.25, -0.2) is 0 Å². The number of rotatable bonds is 9. The second kappa shape index (κ2) is 8.12. The Morgan fingerprint density at radius 3 is 2.76 bits per heavy atom. The molecule has 0 radical (unpaired) electrons. The fourth-order valence-corrected chi connectivity index (χ4v) is 1.74. The standard InChI is InChI=1S/C13H25N3O/c1-4-7-12(9-14-8-5-2)17-13-10-15-16(6-3)11-13/h10-12,14H,4-9H2,1-3H3. The molecular weight excluding hydrogens is 214 g/mol. The zero-order valence-corrected chi connectivity index (χ0v) is 11.3. The highest BCUT2D eigenvalue weighted by Crippen LogP contribution is 2.12. The summed E-state index contributed by atoms with van der Waals surface area (Å²) < 4.78 is 7.82. The van der Waals surface area contributed by atoms with Crippen LogP contribution in [0.2, 0.25) is 0 Å². The minimum Gasteiger partial charge on any atom is -0.486 e. The van der Waals surface area contributed by atoms with E-state index in [-0.39, 0.29) is 6.10 Å². The zero-order chi connectivity index (χ0) is 12.5. The molecule has 0 bridgehead atoms. The quantitative estimate of drug-likeness (QED) is 0.673. The molecule has 1 aromatic rings. The van der Waals surface area contributed by atoms with Crippen molar-refractivity contribution in [1.29, 1.82) is 0 Å². The third kappa shape index (κ3) is 5.22. The van der Waals surface area contributed by atoms with Crippen molar-refractivity contribution in [2.24, 2.45) is 0 Å². The zero-order valence-electron chi connectivity index (χ0n) is 11.3. The van der Waals surface area contributed by atoms with Gasteiger partial charge in [0, 0.05) is 13.1 Å². The average Bonchev–Trinajstić information content (AvgIpc) is 2.77. The maximum absolute atomic E-state index is 5.94. The van der Waals surface area contributed by atoms with Crippen molar-refractivity contribution in [1.82, 2.24) is 15.1 Å². The maximum Gasteiger partial charge on any atom is 0.157 e. The van der Waals surface area contributed by atoms with Crippen LogP contribution >= 0.6 is 0 Å². The van der Waals surface area contributed by atoms with Crippen molar-refractivity contribution in [3.05, 3.63) is 12.4 Å². The molecule has 1 rings (SSSR count). The highest BCUT2D eigenvalue weighted by molar-refractivity contribution is 5.12. The van der Waals surface area contributed by atoms with Gasteiger partial charge in [0.05, 0.1) is 12.4 Å². The van der Waals surface area contributed by atoms with Crippen molar-refractivity contribution in [3.63, 3.8) is 0 Å². The molecule has 0 saturated heterocycles. The van der Waals surface area contributed by atoms with Crippen molar-refractivity contribution in [2.75, 3.05) is 13.1 Å². The minimum atomic E-state index is 0.251. The lowest BCUT2D eigenvalue weighted by Crippen LogP contribution is -2.31. The Kier molecular flexibility index (Phi) is 6.70. The molecule has 0 amide bonds. The first-order valence-electron chi connectivity index (χ1n) is 6.69. The molecule has 0 aliphatic carbocycles. The Bertz CT molecular complexity index is 299. The molecule has 98 valence electrons. The highest BCUT2D eigenvalue weighted by Gasteiger charge is 2.10. The minimum absolute atomic E-state index is 0.251. The van der Waals surface area contributed by atoms with E-state index in [1.165, 1.54) is 0 Å². The summed E-state index contributed by atoms with van der Waals surface area (Å²) in [5.41, 5.74) is 0. The first-order valence-corrected chi connectivity index (χ1v) is 6.69. The molecule has 1 N–H and O–H groups in total. The predicted octanol–water partition coefficient (Wildman–Crippen LogP) is 2.45. The smallest absolute Gasteiger partial charge is 0.157 e. The number of hydrogen-bond acceptors (Lipinski definition) is 3. The van der Waals surface area contributed by atoms with Gasteiger partial charge in [-0.05, 0) is 26.3 Å². The van der Waals surface area contributed by atoms with E-state index in [1.807, 2.05) is 10.9 Å². The Morgan fingerprint density at radius 1 is 1.35 bits per heavy atom. The summed E-state index contributed by atoms with van der Waals surface area (Å²) in [7, 11) is 0. The van der Waals surface area contributed by atoms with Crippen LogP contribution < -0.4 is 10.1 Å². The van der Waals surface area contributed by atoms with Gasteiger partial charge in [-0.1, -0.05) is 20.3 Å². The topological polar surface area (TPSA) is 39.1 Å². The molecule has 0 fully saturated rings. The van der Waals surface area contributed by atoms with Crippen molar-refractivity contribution < 1.29 is 4.74 Å². The summed E-state index contributed by atoms with van der Waals surface area (Å²) >= 11 is 0. The lowest BCUT2D eigenvalue weighted by Gasteiger charge is -2.17. The molecule has 4 nitrogen and oxygen atoms in total. The SMILES string of the molecule is CCCNCC(CCC)Oc1cnn(CC)c1. The van der Waals surface area contributed by atoms with Gasteiger partial charge < -0.3 is 10.1 Å². The van der Waals surface area contributed by atoms with E-state index >= 15 is 0 Å². The average molecular weight is 239 g/mol. The summed E-state index contributed by atoms with van der Waals surface area (Å²) in [4.78, 5) is 0. The van der Waals surface area contributed by atoms with E-state index < -0.39 is 0 Å². The monoisotopic (exact) mass is 239 g/mol. The van der Waals surface area contributed by atoms with E-state index in [1.54, 1.807) is 6.20 Å². The van der Waals surface area contributed by atoms with Gasteiger partial charge in [-0.2, -0.15) is 5.10 Å². The lowest BCUT2D eigenvalue weighted by molar-refractivity contribution is 0.186. The third-order valence-corrected chi connectivity index (χ3v) is 2.65. The van der Waals surface area contributed by atoms with Crippen LogP contribution in [0.3, 0.4) is 0 Å². The molecule has 4 heteroatoms. The van der Waals surface area contributed by atoms with Crippen molar-refractivity contribution in [2.45, 2.75) is 52.7 Å². The van der Waals surface area contributed by atoms with Gasteiger partial charge in [-0.15, -0.1) is 0 Å². The highest BCUT2D eigenvalue weighted by atomic mass is 16.5. The van der Waals surface area contributed by atoms with Crippen LogP contribution in [0.15, 0.2) is 12.4 Å². The van der Waals surface area contributed by atoms with Gasteiger partial charge >= 0.3 is 0 Å². The normalized spacial score (nSPS) is 12.6. The Hall–Kier alpha value is -1.03. The summed E-state index contributed by atoms with van der Waals surface area (Å²) in [6.07, 6.45) is 7.39. The molecule has 1 heterocycles. The second-order valence-corrected chi connectivity index (χ2v) is 4.26. The fourth-order valence-electron chi connectivity index (χ4n) is 1.74. The van der Waals surface area contributed by atoms with Crippen molar-refractivity contribution >= 4 is 0 Å². The van der Waals surface area contributed by atoms with Crippen LogP contribution in [-0.2, 0) is 6.54 Å². The van der Waals surface area contributed by atoms with Crippen molar-refractivity contribution in [3.8, 4) is 5.75 Å². The molecule has 1 aromatic heterocycles. The summed E-state index contributed by atoms with van der Waals surface area (Å²) in [5, 5.41) is 7.62. The number of hydrogen-bond donors (Lipinski definition) is 1. The van der Waals surface area contributed by atoms with Gasteiger partial charge in [0.25, 0.3) is 0 Å². The van der Waals surface area contributed by atoms with Crippen LogP contribution in [-0.4, -0.2) is 29.0 Å². The van der Waals surface area contributed by atoms with Crippen LogP contribution in [0, 0.1) is 0 Å². The second-order valence-electron chi connectivity index (χ2n) is 4.26. The predicted molar refractivity (Wildman–Crippen MR) is 70.4 cm³/mol. The van der Waals surface area contributed by atoms with Crippen LogP contribution in [0.25, 0.3) is 0 Å². The Balaban J connectivity index is 2.41. The molecule has 0 saturated carbocycles. The van der Waals surface area contributed by atoms with Gasteiger partial charge in [0.1, 0.15) is 6.10 Å². The van der Waals surface area contributed by atoms with E-state index in [4.69, 9.17) is 4.74 Å². The molecule has 1 atom stereocenters. The van der Waals surface area contributed by atoms with Crippen LogP contribution in [0.5, 0.6) is 5.75 Å². The molecule has 0 aliphatic heterocycles. The number of aromatic nitrogens is 2. The first-order chi connectivity index (χ1) is 8.30. The Morgan fingerprint density at radius 2 is 2.18 bits per heavy atom. The molecular formula is C13H25N3O. The van der Waals surface area contributed by atoms with Gasteiger partial charge in [0.2, 0.25) is 0 Å². The molecule has 0 aromatic carbocycles. The van der Waals surface area contributed by atoms with E-state index in [9.17, 15) is 0 Å². The Labute approximate surface area is 104 Å². The first kappa shape index (κ1) is 14.0. The summed E-state index contributed by atoms with van der Waals surface area (Å²) in [6.45, 7) is 9.29. The summed E-state index contributed by atoms with van der Waals surface area (Å²) in [6, 6.07) is 0. The fraction of sp³-hybridized carbons (Fsp3) is 0.769. The van der Waals surface area contributed by atoms with Gasteiger partial charge in [0.15, 0.2) is 5.75 Å².